The first-order valence-electron chi connectivity index (χ1n) is 7.19. The smallest absolute Gasteiger partial charge is 0.326 e. The van der Waals surface area contributed by atoms with E-state index in [0.717, 1.165) is 16.8 Å². The molecule has 0 spiro atoms. The van der Waals surface area contributed by atoms with Crippen molar-refractivity contribution in [2.75, 3.05) is 19.0 Å². The topological polar surface area (TPSA) is 95.4 Å². The van der Waals surface area contributed by atoms with Crippen LogP contribution in [0.4, 0.5) is 5.82 Å². The van der Waals surface area contributed by atoms with Crippen molar-refractivity contribution in [3.05, 3.63) is 16.8 Å². The number of nitrogens with one attached hydrogen (secondary N) is 1. The van der Waals surface area contributed by atoms with Crippen LogP contribution < -0.4 is 10.2 Å². The molecule has 0 saturated carbocycles. The third-order valence-corrected chi connectivity index (χ3v) is 4.75. The molecule has 2 rings (SSSR count). The fourth-order valence-corrected chi connectivity index (χ4v) is 3.38. The van der Waals surface area contributed by atoms with Crippen LogP contribution in [0.3, 0.4) is 0 Å². The van der Waals surface area contributed by atoms with Gasteiger partial charge in [0.05, 0.1) is 10.3 Å². The number of rotatable bonds is 5. The van der Waals surface area contributed by atoms with Crippen LogP contribution in [0.5, 0.6) is 0 Å². The van der Waals surface area contributed by atoms with Crippen LogP contribution in [-0.2, 0) is 4.79 Å². The number of amides is 1. The molecule has 0 bridgehead atoms. The molecule has 23 heavy (non-hydrogen) atoms. The molecule has 1 atom stereocenters. The van der Waals surface area contributed by atoms with E-state index < -0.39 is 17.9 Å². The summed E-state index contributed by atoms with van der Waals surface area (Å²) in [7, 11) is 3.75. The normalized spacial score (nSPS) is 12.4. The Hall–Kier alpha value is -2.22. The van der Waals surface area contributed by atoms with Crippen LogP contribution in [0.2, 0.25) is 0 Å². The Morgan fingerprint density at radius 3 is 2.48 bits per heavy atom. The lowest BCUT2D eigenvalue weighted by molar-refractivity contribution is -0.140. The van der Waals surface area contributed by atoms with Gasteiger partial charge in [-0.3, -0.25) is 4.79 Å². The van der Waals surface area contributed by atoms with Gasteiger partial charge >= 0.3 is 5.97 Å². The van der Waals surface area contributed by atoms with Gasteiger partial charge in [0, 0.05) is 14.1 Å². The van der Waals surface area contributed by atoms with Crippen LogP contribution in [0.25, 0.3) is 10.2 Å². The number of thiophene rings is 1. The summed E-state index contributed by atoms with van der Waals surface area (Å²) in [6.45, 7) is 5.34. The van der Waals surface area contributed by atoms with E-state index in [-0.39, 0.29) is 5.92 Å². The zero-order valence-corrected chi connectivity index (χ0v) is 14.6. The van der Waals surface area contributed by atoms with E-state index in [9.17, 15) is 14.7 Å². The van der Waals surface area contributed by atoms with E-state index in [1.807, 2.05) is 25.9 Å². The van der Waals surface area contributed by atoms with Crippen LogP contribution >= 0.6 is 11.3 Å². The monoisotopic (exact) mass is 336 g/mol. The molecule has 1 unspecified atom stereocenters. The maximum atomic E-state index is 12.5. The summed E-state index contributed by atoms with van der Waals surface area (Å²) in [5.74, 6) is -0.901. The lowest BCUT2D eigenvalue weighted by Gasteiger charge is -2.17. The van der Waals surface area contributed by atoms with Crippen molar-refractivity contribution in [2.45, 2.75) is 26.8 Å². The van der Waals surface area contributed by atoms with Gasteiger partial charge in [0.25, 0.3) is 5.91 Å². The molecule has 8 heteroatoms. The van der Waals surface area contributed by atoms with Crippen molar-refractivity contribution in [1.29, 1.82) is 0 Å². The summed E-state index contributed by atoms with van der Waals surface area (Å²) < 4.78 is 0. The molecule has 2 aromatic heterocycles. The quantitative estimate of drug-likeness (QED) is 0.866. The van der Waals surface area contributed by atoms with E-state index in [1.54, 1.807) is 13.8 Å². The van der Waals surface area contributed by atoms with Crippen molar-refractivity contribution >= 4 is 39.2 Å². The molecule has 2 N–H and O–H groups in total. The third-order valence-electron chi connectivity index (χ3n) is 3.56. The molecule has 2 aromatic rings. The Morgan fingerprint density at radius 1 is 1.30 bits per heavy atom. The number of hydrogen-bond acceptors (Lipinski definition) is 6. The van der Waals surface area contributed by atoms with Crippen molar-refractivity contribution in [3.8, 4) is 0 Å². The van der Waals surface area contributed by atoms with Crippen LogP contribution in [0.15, 0.2) is 6.33 Å². The lowest BCUT2D eigenvalue weighted by Crippen LogP contribution is -2.44. The van der Waals surface area contributed by atoms with Crippen LogP contribution in [-0.4, -0.2) is 47.1 Å². The third kappa shape index (κ3) is 3.26. The number of carbonyl (C=O) groups is 2. The number of carbonyl (C=O) groups excluding carboxylic acids is 1. The average molecular weight is 336 g/mol. The lowest BCUT2D eigenvalue weighted by atomic mass is 10.0. The van der Waals surface area contributed by atoms with Crippen molar-refractivity contribution in [2.24, 2.45) is 5.92 Å². The van der Waals surface area contributed by atoms with Gasteiger partial charge in [-0.25, -0.2) is 14.8 Å². The summed E-state index contributed by atoms with van der Waals surface area (Å²) in [5.41, 5.74) is 0.764. The van der Waals surface area contributed by atoms with E-state index in [4.69, 9.17) is 0 Å². The maximum absolute atomic E-state index is 12.5. The minimum Gasteiger partial charge on any atom is -0.480 e. The number of hydrogen-bond donors (Lipinski definition) is 2. The summed E-state index contributed by atoms with van der Waals surface area (Å²) >= 11 is 1.25. The number of aryl methyl sites for hydroxylation is 1. The van der Waals surface area contributed by atoms with Gasteiger partial charge in [-0.1, -0.05) is 13.8 Å². The van der Waals surface area contributed by atoms with Gasteiger partial charge in [0.2, 0.25) is 0 Å². The van der Waals surface area contributed by atoms with Gasteiger partial charge < -0.3 is 15.3 Å². The highest BCUT2D eigenvalue weighted by Crippen LogP contribution is 2.34. The number of nitrogens with zero attached hydrogens (tertiary/aromatic N) is 3. The Kier molecular flexibility index (Phi) is 4.84. The molecule has 0 saturated heterocycles. The number of carboxylic acid groups (broad SMARTS) is 1. The average Bonchev–Trinajstić information content (AvgIpc) is 2.81. The molecule has 0 aliphatic rings. The molecular weight excluding hydrogens is 316 g/mol. The first-order valence-corrected chi connectivity index (χ1v) is 8.00. The molecule has 1 amide bonds. The van der Waals surface area contributed by atoms with Gasteiger partial charge in [0.15, 0.2) is 0 Å². The first kappa shape index (κ1) is 17.1. The fraction of sp³-hybridized carbons (Fsp3) is 0.467. The Morgan fingerprint density at radius 2 is 1.96 bits per heavy atom. The predicted octanol–water partition coefficient (Wildman–Crippen LogP) is 1.90. The predicted molar refractivity (Wildman–Crippen MR) is 90.2 cm³/mol. The van der Waals surface area contributed by atoms with E-state index >= 15 is 0 Å². The number of carboxylic acids is 1. The van der Waals surface area contributed by atoms with Crippen LogP contribution in [0.1, 0.15) is 29.1 Å². The van der Waals surface area contributed by atoms with Gasteiger partial charge in [-0.05, 0) is 18.4 Å². The number of aromatic nitrogens is 2. The molecule has 2 heterocycles. The Bertz CT molecular complexity index is 755. The largest absolute Gasteiger partial charge is 0.480 e. The number of fused-ring (bicyclic) bond motifs is 1. The number of anilines is 1. The Balaban J connectivity index is 2.44. The Labute approximate surface area is 138 Å². The van der Waals surface area contributed by atoms with E-state index in [0.29, 0.717) is 9.71 Å². The zero-order valence-electron chi connectivity index (χ0n) is 13.7. The zero-order chi connectivity index (χ0) is 17.3. The minimum atomic E-state index is -1.04. The molecule has 0 aromatic carbocycles. The highest BCUT2D eigenvalue weighted by atomic mass is 32.1. The highest BCUT2D eigenvalue weighted by molar-refractivity contribution is 7.20. The minimum absolute atomic E-state index is 0.205. The fourth-order valence-electron chi connectivity index (χ4n) is 2.33. The van der Waals surface area contributed by atoms with Crippen molar-refractivity contribution in [3.63, 3.8) is 0 Å². The van der Waals surface area contributed by atoms with Crippen LogP contribution in [0, 0.1) is 12.8 Å². The molecular formula is C15H20N4O3S. The summed E-state index contributed by atoms with van der Waals surface area (Å²) in [6, 6.07) is -0.925. The van der Waals surface area contributed by atoms with E-state index in [2.05, 4.69) is 15.3 Å². The highest BCUT2D eigenvalue weighted by Gasteiger charge is 2.27. The summed E-state index contributed by atoms with van der Waals surface area (Å²) in [6.07, 6.45) is 1.46. The second-order valence-corrected chi connectivity index (χ2v) is 6.86. The molecule has 124 valence electrons. The molecule has 0 radical (unpaired) electrons. The molecule has 0 aliphatic carbocycles. The standard InChI is InChI=1S/C15H20N4O3S/c1-7(2)10(15(21)22)18-13(20)11-8(3)9-12(19(4)5)16-6-17-14(9)23-11/h6-7,10H,1-5H3,(H,18,20)(H,21,22). The van der Waals surface area contributed by atoms with E-state index in [1.165, 1.54) is 17.7 Å². The summed E-state index contributed by atoms with van der Waals surface area (Å²) in [5, 5.41) is 12.6. The molecule has 0 fully saturated rings. The maximum Gasteiger partial charge on any atom is 0.326 e. The SMILES string of the molecule is Cc1c(C(=O)NC(C(=O)O)C(C)C)sc2ncnc(N(C)C)c12. The van der Waals surface area contributed by atoms with Gasteiger partial charge in [0.1, 0.15) is 23.0 Å². The second-order valence-electron chi connectivity index (χ2n) is 5.86. The van der Waals surface area contributed by atoms with Crippen molar-refractivity contribution in [1.82, 2.24) is 15.3 Å². The summed E-state index contributed by atoms with van der Waals surface area (Å²) in [4.78, 5) is 35.3. The van der Waals surface area contributed by atoms with Gasteiger partial charge in [-0.15, -0.1) is 11.3 Å². The first-order chi connectivity index (χ1) is 10.7. The second kappa shape index (κ2) is 6.49. The van der Waals surface area contributed by atoms with Gasteiger partial charge in [-0.2, -0.15) is 0 Å². The molecule has 0 aliphatic heterocycles. The van der Waals surface area contributed by atoms with Crippen molar-refractivity contribution < 1.29 is 14.7 Å². The molecule has 7 nitrogen and oxygen atoms in total. The number of aliphatic carboxylic acids is 1.